The Kier molecular flexibility index (Phi) is 3.14. The summed E-state index contributed by atoms with van der Waals surface area (Å²) in [6.07, 6.45) is 0. The Morgan fingerprint density at radius 1 is 1.29 bits per heavy atom. The Morgan fingerprint density at radius 2 is 1.94 bits per heavy atom. The van der Waals surface area contributed by atoms with Crippen molar-refractivity contribution in [2.24, 2.45) is 0 Å². The van der Waals surface area contributed by atoms with Gasteiger partial charge in [-0.15, -0.1) is 0 Å². The summed E-state index contributed by atoms with van der Waals surface area (Å²) in [7, 11) is 0. The number of hydrogen-bond donors (Lipinski definition) is 1. The Labute approximate surface area is 102 Å². The molecule has 0 spiro atoms. The van der Waals surface area contributed by atoms with Crippen molar-refractivity contribution in [1.82, 2.24) is 9.97 Å². The second-order valence-corrected chi connectivity index (χ2v) is 4.43. The normalized spacial score (nSPS) is 10.5. The fourth-order valence-electron chi connectivity index (χ4n) is 1.32. The predicted octanol–water partition coefficient (Wildman–Crippen LogP) is 2.54. The van der Waals surface area contributed by atoms with Gasteiger partial charge in [0, 0.05) is 11.4 Å². The van der Waals surface area contributed by atoms with E-state index < -0.39 is 5.97 Å². The molecule has 0 fully saturated rings. The van der Waals surface area contributed by atoms with Crippen molar-refractivity contribution < 1.29 is 14.3 Å². The number of carboxylic acids is 1. The molecule has 0 aliphatic rings. The summed E-state index contributed by atoms with van der Waals surface area (Å²) in [6.45, 7) is 3.76. The van der Waals surface area contributed by atoms with Crippen LogP contribution < -0.4 is 0 Å². The molecule has 1 N–H and O–H groups in total. The Hall–Kier alpha value is -1.82. The number of furan rings is 1. The van der Waals surface area contributed by atoms with Crippen molar-refractivity contribution in [2.45, 2.75) is 24.1 Å². The first-order chi connectivity index (χ1) is 8.04. The van der Waals surface area contributed by atoms with E-state index in [9.17, 15) is 4.79 Å². The zero-order valence-electron chi connectivity index (χ0n) is 9.30. The minimum Gasteiger partial charge on any atom is -0.475 e. The van der Waals surface area contributed by atoms with Gasteiger partial charge in [0.25, 0.3) is 0 Å². The number of aromatic nitrogens is 2. The van der Waals surface area contributed by atoms with Gasteiger partial charge in [-0.3, -0.25) is 0 Å². The summed E-state index contributed by atoms with van der Waals surface area (Å²) < 4.78 is 5.11. The van der Waals surface area contributed by atoms with Crippen molar-refractivity contribution in [2.75, 3.05) is 0 Å². The Balaban J connectivity index is 2.22. The van der Waals surface area contributed by atoms with Crippen molar-refractivity contribution in [1.29, 1.82) is 0 Å². The summed E-state index contributed by atoms with van der Waals surface area (Å²) in [5, 5.41) is 9.73. The molecule has 0 unspecified atom stereocenters. The summed E-state index contributed by atoms with van der Waals surface area (Å²) in [6, 6.07) is 4.87. The third kappa shape index (κ3) is 2.85. The molecule has 5 nitrogen and oxygen atoms in total. The fraction of sp³-hybridized carbons (Fsp3) is 0.182. The number of rotatable bonds is 3. The highest BCUT2D eigenvalue weighted by Gasteiger charge is 2.11. The van der Waals surface area contributed by atoms with Gasteiger partial charge in [-0.2, -0.15) is 0 Å². The van der Waals surface area contributed by atoms with Crippen LogP contribution >= 0.6 is 11.8 Å². The van der Waals surface area contributed by atoms with E-state index >= 15 is 0 Å². The predicted molar refractivity (Wildman–Crippen MR) is 61.3 cm³/mol. The van der Waals surface area contributed by atoms with Crippen LogP contribution in [0.4, 0.5) is 0 Å². The minimum absolute atomic E-state index is 0.0862. The zero-order chi connectivity index (χ0) is 12.4. The van der Waals surface area contributed by atoms with Crippen LogP contribution in [0.15, 0.2) is 32.9 Å². The standard InChI is InChI=1S/C11H10N2O3S/c1-6-5-7(2)13-11(12-6)17-9-4-3-8(16-9)10(14)15/h3-5H,1-2H3,(H,14,15). The molecule has 0 radical (unpaired) electrons. The molecule has 17 heavy (non-hydrogen) atoms. The molecule has 0 saturated carbocycles. The first-order valence-corrected chi connectivity index (χ1v) is 5.69. The maximum Gasteiger partial charge on any atom is 0.371 e. The third-order valence-electron chi connectivity index (χ3n) is 1.95. The van der Waals surface area contributed by atoms with Crippen molar-refractivity contribution >= 4 is 17.7 Å². The topological polar surface area (TPSA) is 76.2 Å². The van der Waals surface area contributed by atoms with Gasteiger partial charge in [0.05, 0.1) is 0 Å². The van der Waals surface area contributed by atoms with E-state index in [2.05, 4.69) is 9.97 Å². The first kappa shape index (κ1) is 11.7. The summed E-state index contributed by atoms with van der Waals surface area (Å²) in [5.74, 6) is -1.17. The molecule has 2 aromatic rings. The van der Waals surface area contributed by atoms with Gasteiger partial charge < -0.3 is 9.52 Å². The lowest BCUT2D eigenvalue weighted by Gasteiger charge is -2.00. The SMILES string of the molecule is Cc1cc(C)nc(Sc2ccc(C(=O)O)o2)n1. The maximum atomic E-state index is 10.6. The Bertz CT molecular complexity index is 545. The van der Waals surface area contributed by atoms with E-state index in [4.69, 9.17) is 9.52 Å². The summed E-state index contributed by atoms with van der Waals surface area (Å²) >= 11 is 1.20. The molecule has 0 saturated heterocycles. The van der Waals surface area contributed by atoms with Gasteiger partial charge >= 0.3 is 5.97 Å². The molecule has 0 aliphatic carbocycles. The van der Waals surface area contributed by atoms with Gasteiger partial charge in [-0.05, 0) is 43.8 Å². The van der Waals surface area contributed by atoms with Crippen LogP contribution in [-0.4, -0.2) is 21.0 Å². The number of nitrogens with zero attached hydrogens (tertiary/aromatic N) is 2. The number of aryl methyl sites for hydroxylation is 2. The highest BCUT2D eigenvalue weighted by atomic mass is 32.2. The third-order valence-corrected chi connectivity index (χ3v) is 2.73. The second kappa shape index (κ2) is 4.58. The number of aromatic carboxylic acids is 1. The van der Waals surface area contributed by atoms with Crippen LogP contribution in [-0.2, 0) is 0 Å². The molecule has 0 amide bonds. The molecular weight excluding hydrogens is 240 g/mol. The molecule has 0 aromatic carbocycles. The van der Waals surface area contributed by atoms with E-state index in [0.717, 1.165) is 11.4 Å². The van der Waals surface area contributed by atoms with Crippen LogP contribution in [0.2, 0.25) is 0 Å². The van der Waals surface area contributed by atoms with Gasteiger partial charge in [-0.1, -0.05) is 0 Å². The number of hydrogen-bond acceptors (Lipinski definition) is 5. The summed E-state index contributed by atoms with van der Waals surface area (Å²) in [5.41, 5.74) is 1.73. The highest BCUT2D eigenvalue weighted by molar-refractivity contribution is 7.99. The van der Waals surface area contributed by atoms with Crippen LogP contribution in [0.5, 0.6) is 0 Å². The average molecular weight is 250 g/mol. The lowest BCUT2D eigenvalue weighted by atomic mass is 10.4. The lowest BCUT2D eigenvalue weighted by molar-refractivity contribution is 0.0656. The molecule has 2 rings (SSSR count). The van der Waals surface area contributed by atoms with Crippen LogP contribution in [0.3, 0.4) is 0 Å². The van der Waals surface area contributed by atoms with Gasteiger partial charge in [0.2, 0.25) is 5.76 Å². The lowest BCUT2D eigenvalue weighted by Crippen LogP contribution is -1.92. The maximum absolute atomic E-state index is 10.6. The van der Waals surface area contributed by atoms with E-state index in [1.165, 1.54) is 17.8 Å². The number of carbonyl (C=O) groups is 1. The van der Waals surface area contributed by atoms with E-state index in [-0.39, 0.29) is 5.76 Å². The molecule has 88 valence electrons. The fourth-order valence-corrected chi connectivity index (χ4v) is 2.15. The van der Waals surface area contributed by atoms with Crippen molar-refractivity contribution in [3.8, 4) is 0 Å². The molecule has 0 bridgehead atoms. The molecule has 0 aliphatic heterocycles. The minimum atomic E-state index is -1.09. The molecule has 6 heteroatoms. The second-order valence-electron chi connectivity index (χ2n) is 3.46. The zero-order valence-corrected chi connectivity index (χ0v) is 10.1. The van der Waals surface area contributed by atoms with Gasteiger partial charge in [0.15, 0.2) is 10.2 Å². The van der Waals surface area contributed by atoms with E-state index in [1.807, 2.05) is 19.9 Å². The van der Waals surface area contributed by atoms with Crippen LogP contribution in [0.1, 0.15) is 21.9 Å². The van der Waals surface area contributed by atoms with E-state index in [1.54, 1.807) is 6.07 Å². The quantitative estimate of drug-likeness (QED) is 0.843. The monoisotopic (exact) mass is 250 g/mol. The molecule has 0 atom stereocenters. The first-order valence-electron chi connectivity index (χ1n) is 4.88. The molecule has 2 aromatic heterocycles. The van der Waals surface area contributed by atoms with Gasteiger partial charge in [-0.25, -0.2) is 14.8 Å². The number of carboxylic acid groups (broad SMARTS) is 1. The summed E-state index contributed by atoms with van der Waals surface area (Å²) in [4.78, 5) is 19.1. The molecular formula is C11H10N2O3S. The van der Waals surface area contributed by atoms with Crippen molar-refractivity contribution in [3.05, 3.63) is 35.3 Å². The smallest absolute Gasteiger partial charge is 0.371 e. The van der Waals surface area contributed by atoms with Crippen LogP contribution in [0.25, 0.3) is 0 Å². The average Bonchev–Trinajstić information content (AvgIpc) is 2.64. The van der Waals surface area contributed by atoms with Gasteiger partial charge in [0.1, 0.15) is 0 Å². The van der Waals surface area contributed by atoms with Crippen molar-refractivity contribution in [3.63, 3.8) is 0 Å². The van der Waals surface area contributed by atoms with E-state index in [0.29, 0.717) is 10.2 Å². The van der Waals surface area contributed by atoms with Crippen LogP contribution in [0, 0.1) is 13.8 Å². The molecule has 2 heterocycles. The highest BCUT2D eigenvalue weighted by Crippen LogP contribution is 2.26. The Morgan fingerprint density at radius 3 is 2.47 bits per heavy atom. The largest absolute Gasteiger partial charge is 0.475 e.